The van der Waals surface area contributed by atoms with Crippen molar-refractivity contribution in [3.8, 4) is 16.9 Å². The molecule has 2 heterocycles. The van der Waals surface area contributed by atoms with Gasteiger partial charge in [0.25, 0.3) is 5.56 Å². The van der Waals surface area contributed by atoms with Crippen LogP contribution in [0.5, 0.6) is 0 Å². The van der Waals surface area contributed by atoms with Gasteiger partial charge in [-0.15, -0.1) is 0 Å². The zero-order valence-corrected chi connectivity index (χ0v) is 13.1. The molecule has 0 radical (unpaired) electrons. The molecule has 1 N–H and O–H groups in total. The smallest absolute Gasteiger partial charge is 0.282 e. The van der Waals surface area contributed by atoms with E-state index in [9.17, 15) is 13.6 Å². The van der Waals surface area contributed by atoms with Crippen LogP contribution in [0.15, 0.2) is 51.9 Å². The summed E-state index contributed by atoms with van der Waals surface area (Å²) in [5.74, 6) is -0.845. The molecule has 0 aliphatic carbocycles. The van der Waals surface area contributed by atoms with Crippen LogP contribution in [0.2, 0.25) is 0 Å². The fourth-order valence-corrected chi connectivity index (χ4v) is 2.98. The zero-order valence-electron chi connectivity index (χ0n) is 11.5. The van der Waals surface area contributed by atoms with E-state index < -0.39 is 11.6 Å². The first-order chi connectivity index (χ1) is 11.0. The minimum atomic E-state index is -0.444. The summed E-state index contributed by atoms with van der Waals surface area (Å²) < 4.78 is 28.8. The highest BCUT2D eigenvalue weighted by Gasteiger charge is 2.20. The van der Waals surface area contributed by atoms with Crippen LogP contribution >= 0.6 is 15.9 Å². The van der Waals surface area contributed by atoms with E-state index in [0.29, 0.717) is 26.8 Å². The topological polar surface area (TPSA) is 50.7 Å². The second-order valence-corrected chi connectivity index (χ2v) is 5.97. The molecule has 0 amide bonds. The molecule has 114 valence electrons. The number of H-pyrrole nitrogens is 1. The molecule has 0 saturated heterocycles. The number of pyridine rings is 1. The minimum Gasteiger partial charge on any atom is -0.358 e. The predicted octanol–water partition coefficient (Wildman–Crippen LogP) is 3.86. The van der Waals surface area contributed by atoms with E-state index >= 15 is 0 Å². The van der Waals surface area contributed by atoms with E-state index in [1.54, 1.807) is 6.07 Å². The number of nitrogens with zero attached hydrogens (tertiary/aromatic N) is 2. The Balaban J connectivity index is 2.07. The lowest BCUT2D eigenvalue weighted by molar-refractivity contribution is 0.627. The summed E-state index contributed by atoms with van der Waals surface area (Å²) in [7, 11) is 0. The van der Waals surface area contributed by atoms with Crippen LogP contribution in [0.3, 0.4) is 0 Å². The van der Waals surface area contributed by atoms with Gasteiger partial charge >= 0.3 is 0 Å². The Morgan fingerprint density at radius 2 is 1.87 bits per heavy atom. The molecule has 4 rings (SSSR count). The molecule has 0 atom stereocenters. The van der Waals surface area contributed by atoms with Crippen molar-refractivity contribution in [2.75, 3.05) is 0 Å². The molecule has 2 aromatic carbocycles. The number of aromatic amines is 1. The largest absolute Gasteiger partial charge is 0.358 e. The van der Waals surface area contributed by atoms with Crippen molar-refractivity contribution in [3.63, 3.8) is 0 Å². The Morgan fingerprint density at radius 3 is 2.61 bits per heavy atom. The van der Waals surface area contributed by atoms with Gasteiger partial charge in [0.15, 0.2) is 0 Å². The molecule has 0 aromatic heterocycles. The van der Waals surface area contributed by atoms with Crippen molar-refractivity contribution >= 4 is 26.8 Å². The van der Waals surface area contributed by atoms with Gasteiger partial charge in [0.2, 0.25) is 0 Å². The Kier molecular flexibility index (Phi) is 3.05. The summed E-state index contributed by atoms with van der Waals surface area (Å²) in [6.07, 6.45) is 1.43. The van der Waals surface area contributed by atoms with Crippen molar-refractivity contribution in [3.05, 3.63) is 69.1 Å². The third-order valence-corrected chi connectivity index (χ3v) is 4.08. The third-order valence-electron chi connectivity index (χ3n) is 3.62. The van der Waals surface area contributed by atoms with Crippen LogP contribution in [0, 0.1) is 11.6 Å². The minimum absolute atomic E-state index is 0.268. The molecule has 0 spiro atoms. The van der Waals surface area contributed by atoms with E-state index in [-0.39, 0.29) is 11.1 Å². The first kappa shape index (κ1) is 14.1. The Bertz CT molecular complexity index is 1070. The number of halogens is 3. The lowest BCUT2D eigenvalue weighted by Crippen LogP contribution is -2.14. The van der Waals surface area contributed by atoms with Crippen LogP contribution in [0.1, 0.15) is 0 Å². The lowest BCUT2D eigenvalue weighted by Gasteiger charge is -2.04. The second-order valence-electron chi connectivity index (χ2n) is 5.05. The van der Waals surface area contributed by atoms with Crippen molar-refractivity contribution < 1.29 is 8.78 Å². The van der Waals surface area contributed by atoms with Crippen LogP contribution in [0.25, 0.3) is 27.8 Å². The first-order valence-electron chi connectivity index (χ1n) is 6.70. The second kappa shape index (κ2) is 4.99. The average molecular weight is 376 g/mol. The molecule has 2 aromatic rings. The number of fused-ring (bicyclic) bond motifs is 3. The van der Waals surface area contributed by atoms with Gasteiger partial charge < -0.3 is 4.98 Å². The van der Waals surface area contributed by atoms with E-state index in [2.05, 4.69) is 26.0 Å². The Hall–Kier alpha value is -2.54. The number of aromatic nitrogens is 3. The maximum Gasteiger partial charge on any atom is 0.282 e. The molecule has 7 heteroatoms. The first-order valence-corrected chi connectivity index (χ1v) is 7.49. The normalized spacial score (nSPS) is 11.4. The molecule has 23 heavy (non-hydrogen) atoms. The molecule has 0 fully saturated rings. The van der Waals surface area contributed by atoms with Crippen LogP contribution < -0.4 is 5.56 Å². The standard InChI is InChI=1S/C16H8BrF2N3O/c17-8-5-11-14-12(7-20-15(11)13(19)6-8)16(23)22(21-14)10-3-1-9(18)2-4-10/h1-7,20H. The highest BCUT2D eigenvalue weighted by Crippen LogP contribution is 2.30. The quantitative estimate of drug-likeness (QED) is 0.549. The number of hydrogen-bond acceptors (Lipinski definition) is 2. The molecular weight excluding hydrogens is 368 g/mol. The maximum atomic E-state index is 14.0. The van der Waals surface area contributed by atoms with E-state index in [0.717, 1.165) is 0 Å². The van der Waals surface area contributed by atoms with Gasteiger partial charge in [-0.2, -0.15) is 9.78 Å². The Labute approximate surface area is 136 Å². The highest BCUT2D eigenvalue weighted by molar-refractivity contribution is 9.10. The molecule has 4 nitrogen and oxygen atoms in total. The fourth-order valence-electron chi connectivity index (χ4n) is 2.55. The van der Waals surface area contributed by atoms with E-state index in [1.807, 2.05) is 0 Å². The summed E-state index contributed by atoms with van der Waals surface area (Å²) in [5.41, 5.74) is 1.07. The van der Waals surface area contributed by atoms with Gasteiger partial charge in [-0.3, -0.25) is 4.79 Å². The number of benzene rings is 2. The summed E-state index contributed by atoms with van der Waals surface area (Å²) >= 11 is 3.24. The summed E-state index contributed by atoms with van der Waals surface area (Å²) in [6.45, 7) is 0. The van der Waals surface area contributed by atoms with Crippen molar-refractivity contribution in [2.45, 2.75) is 0 Å². The molecule has 0 unspecified atom stereocenters. The fraction of sp³-hybridized carbons (Fsp3) is 0. The lowest BCUT2D eigenvalue weighted by atomic mass is 10.1. The van der Waals surface area contributed by atoms with Crippen molar-refractivity contribution in [1.29, 1.82) is 0 Å². The third kappa shape index (κ3) is 2.16. The van der Waals surface area contributed by atoms with Gasteiger partial charge in [-0.1, -0.05) is 15.9 Å². The zero-order chi connectivity index (χ0) is 16.1. The molecule has 2 aliphatic heterocycles. The maximum absolute atomic E-state index is 14.0. The summed E-state index contributed by atoms with van der Waals surface area (Å²) in [6, 6.07) is 8.46. The Morgan fingerprint density at radius 1 is 1.13 bits per heavy atom. The molecule has 0 saturated carbocycles. The highest BCUT2D eigenvalue weighted by atomic mass is 79.9. The average Bonchev–Trinajstić information content (AvgIpc) is 2.86. The van der Waals surface area contributed by atoms with Gasteiger partial charge in [-0.25, -0.2) is 8.78 Å². The van der Waals surface area contributed by atoms with Gasteiger partial charge in [-0.05, 0) is 36.4 Å². The summed E-state index contributed by atoms with van der Waals surface area (Å²) in [5, 5.41) is 4.79. The molecule has 2 aliphatic rings. The van der Waals surface area contributed by atoms with Gasteiger partial charge in [0.05, 0.1) is 16.8 Å². The molecule has 0 bridgehead atoms. The van der Waals surface area contributed by atoms with Gasteiger partial charge in [0.1, 0.15) is 17.3 Å². The number of nitrogens with one attached hydrogen (secondary N) is 1. The van der Waals surface area contributed by atoms with Crippen molar-refractivity contribution in [1.82, 2.24) is 14.8 Å². The summed E-state index contributed by atoms with van der Waals surface area (Å²) in [4.78, 5) is 15.3. The van der Waals surface area contributed by atoms with Gasteiger partial charge in [0, 0.05) is 16.1 Å². The van der Waals surface area contributed by atoms with Crippen LogP contribution in [-0.2, 0) is 0 Å². The predicted molar refractivity (Wildman–Crippen MR) is 85.9 cm³/mol. The van der Waals surface area contributed by atoms with Crippen LogP contribution in [0.4, 0.5) is 8.78 Å². The number of rotatable bonds is 1. The number of hydrogen-bond donors (Lipinski definition) is 1. The van der Waals surface area contributed by atoms with Crippen LogP contribution in [-0.4, -0.2) is 14.8 Å². The van der Waals surface area contributed by atoms with E-state index in [4.69, 9.17) is 0 Å². The monoisotopic (exact) mass is 375 g/mol. The van der Waals surface area contributed by atoms with E-state index in [1.165, 1.54) is 41.2 Å². The molecular formula is C16H8BrF2N3O. The van der Waals surface area contributed by atoms with Crippen molar-refractivity contribution in [2.24, 2.45) is 0 Å². The SMILES string of the molecule is O=c1c2c[nH]c3c(F)cc(Br)cc3c-2nn1-c1ccc(F)cc1.